The monoisotopic (exact) mass is 328 g/mol. The van der Waals surface area contributed by atoms with Crippen molar-refractivity contribution in [3.8, 4) is 0 Å². The van der Waals surface area contributed by atoms with E-state index in [1.54, 1.807) is 4.90 Å². The van der Waals surface area contributed by atoms with Crippen molar-refractivity contribution in [2.24, 2.45) is 5.41 Å². The highest BCUT2D eigenvalue weighted by molar-refractivity contribution is 5.83. The maximum absolute atomic E-state index is 12.8. The Hall–Kier alpha value is -2.10. The van der Waals surface area contributed by atoms with E-state index >= 15 is 0 Å². The molecule has 0 saturated carbocycles. The van der Waals surface area contributed by atoms with Gasteiger partial charge in [0, 0.05) is 22.0 Å². The van der Waals surface area contributed by atoms with Gasteiger partial charge < -0.3 is 9.88 Å². The van der Waals surface area contributed by atoms with E-state index in [2.05, 4.69) is 4.98 Å². The number of rotatable bonds is 2. The third-order valence-corrected chi connectivity index (χ3v) is 4.10. The molecule has 4 heteroatoms. The number of hydrogen-bond acceptors (Lipinski definition) is 2. The Labute approximate surface area is 143 Å². The van der Waals surface area contributed by atoms with Gasteiger partial charge in [0.25, 0.3) is 5.56 Å². The van der Waals surface area contributed by atoms with Gasteiger partial charge in [0.15, 0.2) is 0 Å². The van der Waals surface area contributed by atoms with Crippen molar-refractivity contribution < 1.29 is 4.79 Å². The maximum atomic E-state index is 12.8. The van der Waals surface area contributed by atoms with E-state index in [1.807, 2.05) is 72.7 Å². The van der Waals surface area contributed by atoms with Crippen LogP contribution in [-0.4, -0.2) is 21.3 Å². The Morgan fingerprint density at radius 2 is 1.71 bits per heavy atom. The average molecular weight is 328 g/mol. The van der Waals surface area contributed by atoms with Crippen LogP contribution in [0.1, 0.15) is 52.7 Å². The summed E-state index contributed by atoms with van der Waals surface area (Å²) >= 11 is 0. The molecule has 1 aromatic heterocycles. The third-order valence-electron chi connectivity index (χ3n) is 4.10. The van der Waals surface area contributed by atoms with Crippen LogP contribution < -0.4 is 5.56 Å². The van der Waals surface area contributed by atoms with Crippen LogP contribution in [0.3, 0.4) is 0 Å². The number of carbonyl (C=O) groups is 1. The second-order valence-corrected chi connectivity index (χ2v) is 8.53. The molecule has 4 nitrogen and oxygen atoms in total. The Kier molecular flexibility index (Phi) is 4.62. The quantitative estimate of drug-likeness (QED) is 0.905. The minimum Gasteiger partial charge on any atom is -0.333 e. The largest absolute Gasteiger partial charge is 0.333 e. The molecule has 1 aromatic carbocycles. The summed E-state index contributed by atoms with van der Waals surface area (Å²) in [6.07, 6.45) is 0. The van der Waals surface area contributed by atoms with Crippen molar-refractivity contribution in [1.29, 1.82) is 0 Å². The lowest BCUT2D eigenvalue weighted by Crippen LogP contribution is -2.50. The fraction of sp³-hybridized carbons (Fsp3) is 0.500. The van der Waals surface area contributed by atoms with Crippen LogP contribution in [0.2, 0.25) is 0 Å². The van der Waals surface area contributed by atoms with Crippen molar-refractivity contribution in [1.82, 2.24) is 9.88 Å². The van der Waals surface area contributed by atoms with E-state index in [0.717, 1.165) is 16.5 Å². The molecule has 0 spiro atoms. The van der Waals surface area contributed by atoms with Crippen molar-refractivity contribution >= 4 is 16.8 Å². The predicted molar refractivity (Wildman–Crippen MR) is 99.1 cm³/mol. The molecule has 24 heavy (non-hydrogen) atoms. The van der Waals surface area contributed by atoms with Gasteiger partial charge in [0.1, 0.15) is 0 Å². The topological polar surface area (TPSA) is 53.2 Å². The minimum atomic E-state index is -0.492. The molecule has 0 aliphatic heterocycles. The van der Waals surface area contributed by atoms with Crippen LogP contribution in [0, 0.1) is 12.3 Å². The lowest BCUT2D eigenvalue weighted by Gasteiger charge is -2.39. The second-order valence-electron chi connectivity index (χ2n) is 8.53. The minimum absolute atomic E-state index is 0.0402. The zero-order chi connectivity index (χ0) is 18.3. The van der Waals surface area contributed by atoms with Crippen molar-refractivity contribution in [3.05, 3.63) is 45.7 Å². The summed E-state index contributed by atoms with van der Waals surface area (Å²) in [4.78, 5) is 30.1. The van der Waals surface area contributed by atoms with E-state index in [0.29, 0.717) is 12.1 Å². The zero-order valence-electron chi connectivity index (χ0n) is 15.8. The van der Waals surface area contributed by atoms with Crippen LogP contribution in [0.5, 0.6) is 0 Å². The number of hydrogen-bond donors (Lipinski definition) is 1. The molecule has 0 saturated heterocycles. The van der Waals surface area contributed by atoms with E-state index < -0.39 is 5.41 Å². The molecule has 0 radical (unpaired) electrons. The number of aryl methyl sites for hydroxylation is 1. The number of fused-ring (bicyclic) bond motifs is 1. The number of amides is 1. The molecule has 0 atom stereocenters. The van der Waals surface area contributed by atoms with Crippen molar-refractivity contribution in [2.75, 3.05) is 0 Å². The van der Waals surface area contributed by atoms with E-state index in [-0.39, 0.29) is 17.0 Å². The molecule has 2 rings (SSSR count). The molecule has 1 amide bonds. The van der Waals surface area contributed by atoms with Gasteiger partial charge in [-0.1, -0.05) is 32.9 Å². The van der Waals surface area contributed by atoms with Crippen LogP contribution in [0.4, 0.5) is 0 Å². The highest BCUT2D eigenvalue weighted by atomic mass is 16.2. The van der Waals surface area contributed by atoms with E-state index in [4.69, 9.17) is 0 Å². The second kappa shape index (κ2) is 6.08. The van der Waals surface area contributed by atoms with Crippen LogP contribution >= 0.6 is 0 Å². The number of aromatic nitrogens is 1. The van der Waals surface area contributed by atoms with Gasteiger partial charge in [-0.25, -0.2) is 0 Å². The highest BCUT2D eigenvalue weighted by Crippen LogP contribution is 2.26. The van der Waals surface area contributed by atoms with Crippen LogP contribution in [0.15, 0.2) is 29.1 Å². The molecule has 0 unspecified atom stereocenters. The smallest absolute Gasteiger partial charge is 0.253 e. The average Bonchev–Trinajstić information content (AvgIpc) is 2.42. The summed E-state index contributed by atoms with van der Waals surface area (Å²) in [6.45, 7) is 14.0. The Morgan fingerprint density at radius 1 is 1.08 bits per heavy atom. The lowest BCUT2D eigenvalue weighted by atomic mass is 9.91. The van der Waals surface area contributed by atoms with Gasteiger partial charge in [0.2, 0.25) is 5.91 Å². The summed E-state index contributed by atoms with van der Waals surface area (Å²) in [5, 5.41) is 0.979. The number of H-pyrrole nitrogens is 1. The van der Waals surface area contributed by atoms with Gasteiger partial charge in [-0.05, 0) is 50.8 Å². The van der Waals surface area contributed by atoms with Crippen molar-refractivity contribution in [3.63, 3.8) is 0 Å². The molecular formula is C20H28N2O2. The number of nitrogens with one attached hydrogen (secondary N) is 1. The first-order valence-electron chi connectivity index (χ1n) is 8.34. The summed E-state index contributed by atoms with van der Waals surface area (Å²) < 4.78 is 0. The van der Waals surface area contributed by atoms with Gasteiger partial charge in [-0.15, -0.1) is 0 Å². The number of benzene rings is 1. The van der Waals surface area contributed by atoms with Gasteiger partial charge in [-0.2, -0.15) is 0 Å². The van der Waals surface area contributed by atoms with Gasteiger partial charge in [0.05, 0.1) is 6.54 Å². The molecule has 0 fully saturated rings. The first-order valence-corrected chi connectivity index (χ1v) is 8.34. The lowest BCUT2D eigenvalue weighted by molar-refractivity contribution is -0.145. The van der Waals surface area contributed by atoms with Crippen LogP contribution in [0.25, 0.3) is 10.9 Å². The molecule has 130 valence electrons. The zero-order valence-corrected chi connectivity index (χ0v) is 15.8. The SMILES string of the molecule is Cc1ccc2cc(CN(C(=O)C(C)(C)C)C(C)(C)C)c(=O)[nH]c2c1. The summed E-state index contributed by atoms with van der Waals surface area (Å²) in [5.74, 6) is 0.0402. The normalized spacial score (nSPS) is 12.5. The van der Waals surface area contributed by atoms with Gasteiger partial charge >= 0.3 is 0 Å². The number of pyridine rings is 1. The number of aromatic amines is 1. The maximum Gasteiger partial charge on any atom is 0.253 e. The fourth-order valence-electron chi connectivity index (χ4n) is 2.67. The molecule has 0 aliphatic carbocycles. The molecule has 0 bridgehead atoms. The molecular weight excluding hydrogens is 300 g/mol. The predicted octanol–water partition coefficient (Wildman–Crippen LogP) is 4.01. The fourth-order valence-corrected chi connectivity index (χ4v) is 2.67. The van der Waals surface area contributed by atoms with Crippen LogP contribution in [-0.2, 0) is 11.3 Å². The summed E-state index contributed by atoms with van der Waals surface area (Å²) in [6, 6.07) is 7.87. The molecule has 2 aromatic rings. The van der Waals surface area contributed by atoms with E-state index in [1.165, 1.54) is 0 Å². The molecule has 1 N–H and O–H groups in total. The third kappa shape index (κ3) is 3.86. The first kappa shape index (κ1) is 18.2. The van der Waals surface area contributed by atoms with Crippen molar-refractivity contribution in [2.45, 2.75) is 60.5 Å². The summed E-state index contributed by atoms with van der Waals surface area (Å²) in [5.41, 5.74) is 1.55. The highest BCUT2D eigenvalue weighted by Gasteiger charge is 2.34. The Bertz CT molecular complexity index is 820. The summed E-state index contributed by atoms with van der Waals surface area (Å²) in [7, 11) is 0. The first-order chi connectivity index (χ1) is 10.9. The Balaban J connectivity index is 2.48. The standard InChI is InChI=1S/C20H28N2O2/c1-13-8-9-14-11-15(17(23)21-16(14)10-13)12-22(20(5,6)7)18(24)19(2,3)4/h8-11H,12H2,1-7H3,(H,21,23). The number of nitrogens with zero attached hydrogens (tertiary/aromatic N) is 1. The number of carbonyl (C=O) groups excluding carboxylic acids is 1. The van der Waals surface area contributed by atoms with E-state index in [9.17, 15) is 9.59 Å². The molecule has 1 heterocycles. The van der Waals surface area contributed by atoms with Gasteiger partial charge in [-0.3, -0.25) is 9.59 Å². The molecule has 0 aliphatic rings. The Morgan fingerprint density at radius 3 is 2.25 bits per heavy atom.